The lowest BCUT2D eigenvalue weighted by molar-refractivity contribution is -0.192. The Morgan fingerprint density at radius 3 is 2.46 bits per heavy atom. The zero-order valence-electron chi connectivity index (χ0n) is 15.0. The van der Waals surface area contributed by atoms with E-state index in [-0.39, 0.29) is 6.10 Å². The third kappa shape index (κ3) is 7.71. The minimum atomic E-state index is -5.08. The Bertz CT molecular complexity index is 543. The summed E-state index contributed by atoms with van der Waals surface area (Å²) in [5.74, 6) is -2.22. The van der Waals surface area contributed by atoms with E-state index in [1.807, 2.05) is 13.2 Å². The molecule has 0 bridgehead atoms. The summed E-state index contributed by atoms with van der Waals surface area (Å²) in [5.41, 5.74) is 2.59. The Morgan fingerprint density at radius 2 is 1.96 bits per heavy atom. The number of aliphatic hydroxyl groups excluding tert-OH is 1. The number of aromatic amines is 1. The number of carbonyl (C=O) groups is 1. The first-order valence-corrected chi connectivity index (χ1v) is 8.48. The molecule has 2 rings (SSSR count). The number of aliphatic hydroxyl groups is 1. The molecule has 0 unspecified atom stereocenters. The molecule has 10 heteroatoms. The zero-order chi connectivity index (χ0) is 19.7. The Morgan fingerprint density at radius 1 is 1.38 bits per heavy atom. The van der Waals surface area contributed by atoms with E-state index < -0.39 is 12.1 Å². The normalized spacial score (nSPS) is 20.6. The Kier molecular flexibility index (Phi) is 9.03. The smallest absolute Gasteiger partial charge is 0.475 e. The van der Waals surface area contributed by atoms with Gasteiger partial charge in [0.25, 0.3) is 0 Å². The van der Waals surface area contributed by atoms with Crippen LogP contribution in [0.2, 0.25) is 0 Å². The summed E-state index contributed by atoms with van der Waals surface area (Å²) in [4.78, 5) is 11.2. The van der Waals surface area contributed by atoms with Crippen molar-refractivity contribution in [1.29, 1.82) is 0 Å². The first kappa shape index (κ1) is 22.4. The molecule has 1 heterocycles. The molecule has 0 atom stereocenters. The number of halogens is 3. The second-order valence-corrected chi connectivity index (χ2v) is 6.46. The molecule has 1 fully saturated rings. The number of likely N-dealkylation sites (N-methyl/N-ethyl adjacent to an activating group) is 2. The topological polar surface area (TPSA) is 101 Å². The number of hydrogen-bond donors (Lipinski definition) is 4. The number of rotatable bonds is 6. The fraction of sp³-hybridized carbons (Fsp3) is 0.750. The van der Waals surface area contributed by atoms with Crippen LogP contribution in [-0.2, 0) is 11.3 Å². The molecule has 1 aromatic rings. The van der Waals surface area contributed by atoms with Gasteiger partial charge in [0.2, 0.25) is 0 Å². The lowest BCUT2D eigenvalue weighted by atomic mass is 9.84. The Balaban J connectivity index is 0.000000412. The number of hydrogen-bond acceptors (Lipinski definition) is 5. The molecule has 1 saturated carbocycles. The maximum Gasteiger partial charge on any atom is 0.490 e. The molecule has 0 spiro atoms. The van der Waals surface area contributed by atoms with E-state index in [0.29, 0.717) is 5.92 Å². The van der Waals surface area contributed by atoms with E-state index in [9.17, 15) is 18.3 Å². The van der Waals surface area contributed by atoms with Gasteiger partial charge in [-0.1, -0.05) is 0 Å². The number of carboxylic acid groups (broad SMARTS) is 1. The van der Waals surface area contributed by atoms with Gasteiger partial charge < -0.3 is 20.4 Å². The van der Waals surface area contributed by atoms with Crippen molar-refractivity contribution in [2.24, 2.45) is 0 Å². The van der Waals surface area contributed by atoms with Gasteiger partial charge in [-0.15, -0.1) is 0 Å². The van der Waals surface area contributed by atoms with E-state index in [1.165, 1.54) is 11.3 Å². The molecule has 0 saturated heterocycles. The van der Waals surface area contributed by atoms with Crippen LogP contribution in [0.4, 0.5) is 13.2 Å². The highest BCUT2D eigenvalue weighted by molar-refractivity contribution is 5.73. The summed E-state index contributed by atoms with van der Waals surface area (Å²) in [7, 11) is 4.11. The molecule has 1 aliphatic rings. The van der Waals surface area contributed by atoms with Crippen molar-refractivity contribution in [2.45, 2.75) is 50.4 Å². The number of carboxylic acids is 1. The number of alkyl halides is 3. The number of H-pyrrole nitrogens is 1. The molecule has 0 aromatic carbocycles. The van der Waals surface area contributed by atoms with Crippen LogP contribution in [0.3, 0.4) is 0 Å². The largest absolute Gasteiger partial charge is 0.490 e. The molecule has 1 aliphatic carbocycles. The fourth-order valence-electron chi connectivity index (χ4n) is 2.84. The molecule has 1 aromatic heterocycles. The number of nitrogens with zero attached hydrogens (tertiary/aromatic N) is 2. The maximum atomic E-state index is 10.6. The van der Waals surface area contributed by atoms with Gasteiger partial charge in [0.1, 0.15) is 0 Å². The van der Waals surface area contributed by atoms with Crippen molar-refractivity contribution in [3.05, 3.63) is 17.5 Å². The zero-order valence-corrected chi connectivity index (χ0v) is 15.0. The minimum absolute atomic E-state index is 0.0964. The van der Waals surface area contributed by atoms with Crippen LogP contribution in [-0.4, -0.2) is 70.7 Å². The van der Waals surface area contributed by atoms with Gasteiger partial charge in [0.15, 0.2) is 0 Å². The quantitative estimate of drug-likeness (QED) is 0.599. The maximum absolute atomic E-state index is 10.6. The Labute approximate surface area is 150 Å². The van der Waals surface area contributed by atoms with Crippen molar-refractivity contribution < 1.29 is 28.2 Å². The molecular formula is C16H27F3N4O3. The lowest BCUT2D eigenvalue weighted by Crippen LogP contribution is -2.27. The number of aliphatic carboxylic acids is 1. The lowest BCUT2D eigenvalue weighted by Gasteiger charge is -2.26. The van der Waals surface area contributed by atoms with Gasteiger partial charge in [-0.2, -0.15) is 18.3 Å². The predicted molar refractivity (Wildman–Crippen MR) is 89.8 cm³/mol. The standard InChI is InChI=1S/C14H26N4O.C2HF3O2/c1-15-7-8-18(2)10-12-9-16-17-14(12)11-3-5-13(19)6-4-11;3-2(4,5)1(6)7/h9,11,13,15,19H,3-8,10H2,1-2H3,(H,16,17);(H,6,7). The van der Waals surface area contributed by atoms with Crippen LogP contribution in [0.1, 0.15) is 42.9 Å². The van der Waals surface area contributed by atoms with Crippen molar-refractivity contribution in [1.82, 2.24) is 20.4 Å². The third-order valence-corrected chi connectivity index (χ3v) is 4.28. The summed E-state index contributed by atoms with van der Waals surface area (Å²) < 4.78 is 31.7. The third-order valence-electron chi connectivity index (χ3n) is 4.28. The van der Waals surface area contributed by atoms with E-state index in [4.69, 9.17) is 9.90 Å². The van der Waals surface area contributed by atoms with Gasteiger partial charge in [0, 0.05) is 36.8 Å². The van der Waals surface area contributed by atoms with Crippen LogP contribution in [0.15, 0.2) is 6.20 Å². The van der Waals surface area contributed by atoms with Crippen molar-refractivity contribution in [3.63, 3.8) is 0 Å². The minimum Gasteiger partial charge on any atom is -0.475 e. The molecule has 0 radical (unpaired) electrons. The summed E-state index contributed by atoms with van der Waals surface area (Å²) >= 11 is 0. The molecular weight excluding hydrogens is 353 g/mol. The Hall–Kier alpha value is -1.65. The van der Waals surface area contributed by atoms with Crippen molar-refractivity contribution >= 4 is 5.97 Å². The molecule has 0 amide bonds. The number of aromatic nitrogens is 2. The van der Waals surface area contributed by atoms with E-state index in [0.717, 1.165) is 45.3 Å². The van der Waals surface area contributed by atoms with Crippen LogP contribution < -0.4 is 5.32 Å². The fourth-order valence-corrected chi connectivity index (χ4v) is 2.84. The summed E-state index contributed by atoms with van der Waals surface area (Å²) in [6, 6.07) is 0. The average Bonchev–Trinajstić information content (AvgIpc) is 3.01. The molecule has 150 valence electrons. The molecule has 4 N–H and O–H groups in total. The second kappa shape index (κ2) is 10.5. The van der Waals surface area contributed by atoms with Crippen LogP contribution in [0.25, 0.3) is 0 Å². The highest BCUT2D eigenvalue weighted by Gasteiger charge is 2.38. The number of nitrogens with one attached hydrogen (secondary N) is 2. The highest BCUT2D eigenvalue weighted by Crippen LogP contribution is 2.33. The van der Waals surface area contributed by atoms with Gasteiger partial charge in [-0.25, -0.2) is 4.79 Å². The van der Waals surface area contributed by atoms with E-state index >= 15 is 0 Å². The summed E-state index contributed by atoms with van der Waals surface area (Å²) in [6.45, 7) is 2.97. The predicted octanol–water partition coefficient (Wildman–Crippen LogP) is 1.71. The molecule has 0 aliphatic heterocycles. The summed E-state index contributed by atoms with van der Waals surface area (Å²) in [5, 5.41) is 27.3. The van der Waals surface area contributed by atoms with Crippen molar-refractivity contribution in [3.8, 4) is 0 Å². The first-order chi connectivity index (χ1) is 12.1. The second-order valence-electron chi connectivity index (χ2n) is 6.46. The van der Waals surface area contributed by atoms with Crippen LogP contribution in [0, 0.1) is 0 Å². The highest BCUT2D eigenvalue weighted by atomic mass is 19.4. The van der Waals surface area contributed by atoms with Crippen LogP contribution in [0.5, 0.6) is 0 Å². The van der Waals surface area contributed by atoms with Gasteiger partial charge in [-0.3, -0.25) is 5.10 Å². The first-order valence-electron chi connectivity index (χ1n) is 8.48. The molecule has 7 nitrogen and oxygen atoms in total. The van der Waals surface area contributed by atoms with Gasteiger partial charge in [0.05, 0.1) is 12.3 Å². The van der Waals surface area contributed by atoms with Crippen molar-refractivity contribution in [2.75, 3.05) is 27.2 Å². The van der Waals surface area contributed by atoms with E-state index in [2.05, 4.69) is 27.5 Å². The molecule has 26 heavy (non-hydrogen) atoms. The van der Waals surface area contributed by atoms with Gasteiger partial charge >= 0.3 is 12.1 Å². The van der Waals surface area contributed by atoms with Gasteiger partial charge in [-0.05, 0) is 39.8 Å². The monoisotopic (exact) mass is 380 g/mol. The van der Waals surface area contributed by atoms with E-state index in [1.54, 1.807) is 0 Å². The van der Waals surface area contributed by atoms with Crippen LogP contribution >= 0.6 is 0 Å². The summed E-state index contributed by atoms with van der Waals surface area (Å²) in [6.07, 6.45) is 0.738. The SMILES string of the molecule is CNCCN(C)Cc1cn[nH]c1C1CCC(O)CC1.O=C(O)C(F)(F)F. The average molecular weight is 380 g/mol.